The predicted octanol–water partition coefficient (Wildman–Crippen LogP) is 4.38. The first-order valence-corrected chi connectivity index (χ1v) is 6.63. The molecule has 1 aromatic carbocycles. The van der Waals surface area contributed by atoms with Crippen molar-refractivity contribution in [3.8, 4) is 6.07 Å². The number of nitriles is 1. The highest BCUT2D eigenvalue weighted by Gasteiger charge is 2.12. The van der Waals surface area contributed by atoms with Crippen molar-refractivity contribution in [2.45, 2.75) is 20.8 Å². The molecule has 0 amide bonds. The lowest BCUT2D eigenvalue weighted by molar-refractivity contribution is 0.547. The second-order valence-electron chi connectivity index (χ2n) is 4.91. The molecule has 0 aliphatic carbocycles. The SMILES string of the molecule is C/C=C\C(/C=C(\C#N)N(C)c1ccccc1)C(C)C. The summed E-state index contributed by atoms with van der Waals surface area (Å²) in [6, 6.07) is 12.2. The molecule has 0 fully saturated rings. The Kier molecular flexibility index (Phi) is 5.89. The second kappa shape index (κ2) is 7.43. The number of nitrogens with zero attached hydrogens (tertiary/aromatic N) is 2. The highest BCUT2D eigenvalue weighted by molar-refractivity contribution is 5.54. The average molecular weight is 254 g/mol. The van der Waals surface area contributed by atoms with Gasteiger partial charge in [-0.1, -0.05) is 44.2 Å². The van der Waals surface area contributed by atoms with Crippen LogP contribution in [0, 0.1) is 23.2 Å². The number of allylic oxidation sites excluding steroid dienone is 4. The largest absolute Gasteiger partial charge is 0.336 e. The highest BCUT2D eigenvalue weighted by Crippen LogP contribution is 2.21. The first-order chi connectivity index (χ1) is 9.10. The molecule has 0 radical (unpaired) electrons. The summed E-state index contributed by atoms with van der Waals surface area (Å²) >= 11 is 0. The second-order valence-corrected chi connectivity index (χ2v) is 4.91. The Morgan fingerprint density at radius 3 is 2.37 bits per heavy atom. The van der Waals surface area contributed by atoms with Crippen LogP contribution in [0.1, 0.15) is 20.8 Å². The van der Waals surface area contributed by atoms with Gasteiger partial charge in [0.25, 0.3) is 0 Å². The van der Waals surface area contributed by atoms with Gasteiger partial charge in [-0.05, 0) is 31.1 Å². The minimum absolute atomic E-state index is 0.283. The summed E-state index contributed by atoms with van der Waals surface area (Å²) in [7, 11) is 1.93. The van der Waals surface area contributed by atoms with E-state index in [1.807, 2.05) is 61.4 Å². The molecule has 0 spiro atoms. The Bertz CT molecular complexity index is 478. The molecule has 0 aliphatic heterocycles. The van der Waals surface area contributed by atoms with E-state index in [0.29, 0.717) is 11.6 Å². The van der Waals surface area contributed by atoms with Gasteiger partial charge >= 0.3 is 0 Å². The van der Waals surface area contributed by atoms with Gasteiger partial charge in [-0.15, -0.1) is 0 Å². The van der Waals surface area contributed by atoms with Gasteiger partial charge in [-0.2, -0.15) is 5.26 Å². The maximum absolute atomic E-state index is 9.37. The molecule has 0 aliphatic rings. The first-order valence-electron chi connectivity index (χ1n) is 6.63. The van der Waals surface area contributed by atoms with Crippen LogP contribution in [0.2, 0.25) is 0 Å². The van der Waals surface area contributed by atoms with Gasteiger partial charge < -0.3 is 4.90 Å². The smallest absolute Gasteiger partial charge is 0.117 e. The van der Waals surface area contributed by atoms with Crippen LogP contribution >= 0.6 is 0 Å². The van der Waals surface area contributed by atoms with E-state index in [1.165, 1.54) is 0 Å². The van der Waals surface area contributed by atoms with E-state index in [2.05, 4.69) is 26.0 Å². The molecule has 0 N–H and O–H groups in total. The quantitative estimate of drug-likeness (QED) is 0.576. The van der Waals surface area contributed by atoms with Crippen LogP contribution in [0.15, 0.2) is 54.3 Å². The number of hydrogen-bond acceptors (Lipinski definition) is 2. The maximum Gasteiger partial charge on any atom is 0.117 e. The Morgan fingerprint density at radius 2 is 1.89 bits per heavy atom. The lowest BCUT2D eigenvalue weighted by atomic mass is 9.94. The van der Waals surface area contributed by atoms with Crippen LogP contribution in [0.25, 0.3) is 0 Å². The minimum atomic E-state index is 0.283. The van der Waals surface area contributed by atoms with E-state index in [1.54, 1.807) is 0 Å². The van der Waals surface area contributed by atoms with Crippen molar-refractivity contribution in [3.63, 3.8) is 0 Å². The van der Waals surface area contributed by atoms with Crippen LogP contribution in [0.5, 0.6) is 0 Å². The van der Waals surface area contributed by atoms with Gasteiger partial charge in [0.2, 0.25) is 0 Å². The zero-order valence-corrected chi connectivity index (χ0v) is 12.2. The third-order valence-corrected chi connectivity index (χ3v) is 3.15. The summed E-state index contributed by atoms with van der Waals surface area (Å²) in [5.41, 5.74) is 1.71. The molecule has 1 unspecified atom stereocenters. The Balaban J connectivity index is 3.03. The van der Waals surface area contributed by atoms with Crippen molar-refractivity contribution in [2.24, 2.45) is 11.8 Å². The van der Waals surface area contributed by atoms with Crippen LogP contribution < -0.4 is 4.90 Å². The van der Waals surface area contributed by atoms with Gasteiger partial charge in [-0.3, -0.25) is 0 Å². The van der Waals surface area contributed by atoms with Crippen LogP contribution in [0.3, 0.4) is 0 Å². The molecule has 0 saturated carbocycles. The summed E-state index contributed by atoms with van der Waals surface area (Å²) in [5.74, 6) is 0.759. The zero-order chi connectivity index (χ0) is 14.3. The Morgan fingerprint density at radius 1 is 1.26 bits per heavy atom. The van der Waals surface area contributed by atoms with Crippen molar-refractivity contribution in [2.75, 3.05) is 11.9 Å². The number of para-hydroxylation sites is 1. The van der Waals surface area contributed by atoms with Crippen molar-refractivity contribution in [3.05, 3.63) is 54.3 Å². The van der Waals surface area contributed by atoms with E-state index >= 15 is 0 Å². The monoisotopic (exact) mass is 254 g/mol. The fourth-order valence-electron chi connectivity index (χ4n) is 1.89. The van der Waals surface area contributed by atoms with Gasteiger partial charge in [0.15, 0.2) is 0 Å². The number of anilines is 1. The van der Waals surface area contributed by atoms with Gasteiger partial charge in [0, 0.05) is 18.7 Å². The molecule has 0 saturated heterocycles. The van der Waals surface area contributed by atoms with Gasteiger partial charge in [-0.25, -0.2) is 0 Å². The summed E-state index contributed by atoms with van der Waals surface area (Å²) in [6.07, 6.45) is 6.22. The predicted molar refractivity (Wildman–Crippen MR) is 81.7 cm³/mol. The first kappa shape index (κ1) is 15.0. The molecular formula is C17H22N2. The fourth-order valence-corrected chi connectivity index (χ4v) is 1.89. The lowest BCUT2D eigenvalue weighted by Gasteiger charge is -2.20. The molecule has 1 rings (SSSR count). The Labute approximate surface area is 116 Å². The Hall–Kier alpha value is -2.01. The molecule has 100 valence electrons. The fraction of sp³-hybridized carbons (Fsp3) is 0.353. The van der Waals surface area contributed by atoms with Gasteiger partial charge in [0.05, 0.1) is 0 Å². The van der Waals surface area contributed by atoms with E-state index in [4.69, 9.17) is 0 Å². The lowest BCUT2D eigenvalue weighted by Crippen LogP contribution is -2.17. The molecule has 1 atom stereocenters. The third kappa shape index (κ3) is 4.30. The van der Waals surface area contributed by atoms with Crippen molar-refractivity contribution >= 4 is 5.69 Å². The van der Waals surface area contributed by atoms with Gasteiger partial charge in [0.1, 0.15) is 11.8 Å². The summed E-state index contributed by atoms with van der Waals surface area (Å²) in [4.78, 5) is 1.93. The van der Waals surface area contributed by atoms with Crippen LogP contribution in [-0.4, -0.2) is 7.05 Å². The van der Waals surface area contributed by atoms with E-state index in [0.717, 1.165) is 5.69 Å². The number of benzene rings is 1. The molecule has 1 aromatic rings. The molecule has 0 heterocycles. The normalized spacial score (nSPS) is 13.6. The van der Waals surface area contributed by atoms with Crippen LogP contribution in [-0.2, 0) is 0 Å². The molecule has 0 aromatic heterocycles. The summed E-state index contributed by atoms with van der Waals surface area (Å²) < 4.78 is 0. The third-order valence-electron chi connectivity index (χ3n) is 3.15. The molecule has 2 heteroatoms. The van der Waals surface area contributed by atoms with E-state index < -0.39 is 0 Å². The number of rotatable bonds is 5. The molecule has 2 nitrogen and oxygen atoms in total. The summed E-state index contributed by atoms with van der Waals surface area (Å²) in [5, 5.41) is 9.37. The molecular weight excluding hydrogens is 232 g/mol. The maximum atomic E-state index is 9.37. The topological polar surface area (TPSA) is 27.0 Å². The van der Waals surface area contributed by atoms with Crippen molar-refractivity contribution in [1.29, 1.82) is 5.26 Å². The number of hydrogen-bond donors (Lipinski definition) is 0. The standard InChI is InChI=1S/C17H22N2/c1-5-9-15(14(2)3)12-17(13-18)19(4)16-10-7-6-8-11-16/h5-12,14-15H,1-4H3/b9-5-,17-12+. The zero-order valence-electron chi connectivity index (χ0n) is 12.2. The molecule has 0 bridgehead atoms. The van der Waals surface area contributed by atoms with Crippen molar-refractivity contribution < 1.29 is 0 Å². The van der Waals surface area contributed by atoms with E-state index in [-0.39, 0.29) is 5.92 Å². The molecule has 19 heavy (non-hydrogen) atoms. The van der Waals surface area contributed by atoms with Crippen molar-refractivity contribution in [1.82, 2.24) is 0 Å². The van der Waals surface area contributed by atoms with E-state index in [9.17, 15) is 5.26 Å². The average Bonchev–Trinajstić information content (AvgIpc) is 2.43. The summed E-state index contributed by atoms with van der Waals surface area (Å²) in [6.45, 7) is 6.34. The van der Waals surface area contributed by atoms with Crippen LogP contribution in [0.4, 0.5) is 5.69 Å². The highest BCUT2D eigenvalue weighted by atomic mass is 15.1. The minimum Gasteiger partial charge on any atom is -0.336 e.